The highest BCUT2D eigenvalue weighted by Crippen LogP contribution is 2.25. The van der Waals surface area contributed by atoms with E-state index in [2.05, 4.69) is 69.1 Å². The smallest absolute Gasteiger partial charge is 0.135 e. The number of benzene rings is 2. The van der Waals surface area contributed by atoms with Gasteiger partial charge >= 0.3 is 0 Å². The molecule has 4 aromatic rings. The van der Waals surface area contributed by atoms with Gasteiger partial charge in [0.15, 0.2) is 0 Å². The first-order chi connectivity index (χ1) is 15.3. The van der Waals surface area contributed by atoms with Crippen molar-refractivity contribution in [3.63, 3.8) is 0 Å². The van der Waals surface area contributed by atoms with Crippen LogP contribution in [0.1, 0.15) is 29.1 Å². The van der Waals surface area contributed by atoms with Gasteiger partial charge in [-0.1, -0.05) is 24.3 Å². The highest BCUT2D eigenvalue weighted by atomic mass is 35.5. The summed E-state index contributed by atoms with van der Waals surface area (Å²) in [4.78, 5) is 8.98. The SMILES string of the molecule is Cl.Cl.c1cc2cc(CCCc3cc4ccc(C5=NCCN5)cc4o3)oc2cc1C1=NCCN1. The van der Waals surface area contributed by atoms with Crippen molar-refractivity contribution < 1.29 is 8.83 Å². The molecule has 4 heterocycles. The van der Waals surface area contributed by atoms with E-state index in [1.807, 2.05) is 0 Å². The number of halogens is 2. The Hall–Kier alpha value is -2.96. The quantitative estimate of drug-likeness (QED) is 0.408. The van der Waals surface area contributed by atoms with Crippen molar-refractivity contribution in [2.45, 2.75) is 19.3 Å². The Balaban J connectivity index is 0.00000130. The first-order valence-corrected chi connectivity index (χ1v) is 10.9. The molecule has 0 radical (unpaired) electrons. The van der Waals surface area contributed by atoms with E-state index in [4.69, 9.17) is 8.83 Å². The summed E-state index contributed by atoms with van der Waals surface area (Å²) in [5.74, 6) is 3.95. The molecule has 0 spiro atoms. The largest absolute Gasteiger partial charge is 0.461 e. The third-order valence-electron chi connectivity index (χ3n) is 5.88. The summed E-state index contributed by atoms with van der Waals surface area (Å²) >= 11 is 0. The van der Waals surface area contributed by atoms with E-state index in [1.54, 1.807) is 0 Å². The minimum atomic E-state index is 0. The summed E-state index contributed by atoms with van der Waals surface area (Å²) in [6, 6.07) is 16.9. The van der Waals surface area contributed by atoms with E-state index < -0.39 is 0 Å². The first kappa shape index (κ1) is 23.2. The molecule has 0 amide bonds. The molecule has 2 aromatic heterocycles. The van der Waals surface area contributed by atoms with Gasteiger partial charge in [0.25, 0.3) is 0 Å². The number of hydrogen-bond donors (Lipinski definition) is 2. The van der Waals surface area contributed by atoms with E-state index in [1.165, 1.54) is 0 Å². The second kappa shape index (κ2) is 9.89. The number of furan rings is 2. The van der Waals surface area contributed by atoms with Crippen molar-refractivity contribution in [1.29, 1.82) is 0 Å². The van der Waals surface area contributed by atoms with Gasteiger partial charge in [-0.3, -0.25) is 9.98 Å². The second-order valence-corrected chi connectivity index (χ2v) is 8.10. The van der Waals surface area contributed by atoms with Crippen LogP contribution in [-0.4, -0.2) is 37.9 Å². The highest BCUT2D eigenvalue weighted by molar-refractivity contribution is 6.02. The number of amidine groups is 2. The van der Waals surface area contributed by atoms with Gasteiger partial charge in [0.2, 0.25) is 0 Å². The monoisotopic (exact) mass is 484 g/mol. The molecule has 0 bridgehead atoms. The van der Waals surface area contributed by atoms with Gasteiger partial charge in [-0.15, -0.1) is 24.8 Å². The van der Waals surface area contributed by atoms with E-state index >= 15 is 0 Å². The molecular formula is C25H26Cl2N4O2. The molecule has 2 aliphatic heterocycles. The van der Waals surface area contributed by atoms with Crippen LogP contribution in [0.3, 0.4) is 0 Å². The molecule has 0 aliphatic carbocycles. The molecule has 6 nitrogen and oxygen atoms in total. The lowest BCUT2D eigenvalue weighted by atomic mass is 10.1. The maximum Gasteiger partial charge on any atom is 0.135 e. The third-order valence-corrected chi connectivity index (χ3v) is 5.88. The van der Waals surface area contributed by atoms with Gasteiger partial charge in [-0.25, -0.2) is 0 Å². The van der Waals surface area contributed by atoms with Crippen LogP contribution in [0.2, 0.25) is 0 Å². The molecule has 2 aromatic carbocycles. The Morgan fingerprint density at radius 2 is 1.15 bits per heavy atom. The standard InChI is InChI=1S/C25H24N4O2.2ClH/c1(2-20-12-16-4-6-18(14-22(16)30-20)24-26-8-9-27-24)3-21-13-17-5-7-19(15-23(17)31-21)25-28-10-11-29-25;;/h4-7,12-15H,1-3,8-11H2,(H,26,27)(H,28,29);2*1H. The van der Waals surface area contributed by atoms with Crippen LogP contribution in [0.4, 0.5) is 0 Å². The Morgan fingerprint density at radius 1 is 0.667 bits per heavy atom. The van der Waals surface area contributed by atoms with Crippen molar-refractivity contribution in [3.8, 4) is 0 Å². The Kier molecular flexibility index (Phi) is 6.96. The fourth-order valence-electron chi connectivity index (χ4n) is 4.33. The van der Waals surface area contributed by atoms with Gasteiger partial charge in [-0.05, 0) is 30.7 Å². The lowest BCUT2D eigenvalue weighted by molar-refractivity contribution is 0.510. The van der Waals surface area contributed by atoms with Crippen LogP contribution >= 0.6 is 24.8 Å². The minimum absolute atomic E-state index is 0. The molecule has 8 heteroatoms. The zero-order valence-corrected chi connectivity index (χ0v) is 19.7. The van der Waals surface area contributed by atoms with E-state index in [0.29, 0.717) is 0 Å². The lowest BCUT2D eigenvalue weighted by Crippen LogP contribution is -2.19. The minimum Gasteiger partial charge on any atom is -0.461 e. The van der Waals surface area contributed by atoms with Gasteiger partial charge in [-0.2, -0.15) is 0 Å². The van der Waals surface area contributed by atoms with Crippen LogP contribution in [0.5, 0.6) is 0 Å². The molecule has 0 atom stereocenters. The Labute approximate surface area is 204 Å². The van der Waals surface area contributed by atoms with Gasteiger partial charge in [0.05, 0.1) is 13.1 Å². The molecule has 0 saturated carbocycles. The topological polar surface area (TPSA) is 75.1 Å². The van der Waals surface area contributed by atoms with Crippen LogP contribution < -0.4 is 10.6 Å². The van der Waals surface area contributed by atoms with E-state index in [9.17, 15) is 0 Å². The fourth-order valence-corrected chi connectivity index (χ4v) is 4.33. The summed E-state index contributed by atoms with van der Waals surface area (Å²) in [5.41, 5.74) is 4.02. The van der Waals surface area contributed by atoms with Crippen molar-refractivity contribution in [2.75, 3.05) is 26.2 Å². The molecule has 2 N–H and O–H groups in total. The third kappa shape index (κ3) is 4.72. The van der Waals surface area contributed by atoms with Crippen molar-refractivity contribution in [1.82, 2.24) is 10.6 Å². The van der Waals surface area contributed by atoms with E-state index in [-0.39, 0.29) is 24.8 Å². The number of aryl methyl sites for hydroxylation is 2. The molecule has 172 valence electrons. The Bertz CT molecular complexity index is 1240. The van der Waals surface area contributed by atoms with Gasteiger partial charge in [0.1, 0.15) is 34.4 Å². The lowest BCUT2D eigenvalue weighted by Gasteiger charge is -2.01. The van der Waals surface area contributed by atoms with Crippen LogP contribution in [0.15, 0.2) is 67.4 Å². The average Bonchev–Trinajstić information content (AvgIpc) is 3.59. The highest BCUT2D eigenvalue weighted by Gasteiger charge is 2.13. The van der Waals surface area contributed by atoms with Crippen molar-refractivity contribution in [3.05, 3.63) is 71.2 Å². The molecule has 0 unspecified atom stereocenters. The zero-order valence-electron chi connectivity index (χ0n) is 18.1. The number of nitrogens with one attached hydrogen (secondary N) is 2. The summed E-state index contributed by atoms with van der Waals surface area (Å²) in [6.07, 6.45) is 2.74. The molecule has 0 saturated heterocycles. The average molecular weight is 485 g/mol. The molecule has 33 heavy (non-hydrogen) atoms. The normalized spacial score (nSPS) is 14.9. The summed E-state index contributed by atoms with van der Waals surface area (Å²) in [6.45, 7) is 3.49. The van der Waals surface area contributed by atoms with E-state index in [0.717, 1.165) is 102 Å². The molecular weight excluding hydrogens is 459 g/mol. The first-order valence-electron chi connectivity index (χ1n) is 10.9. The Morgan fingerprint density at radius 3 is 1.58 bits per heavy atom. The van der Waals surface area contributed by atoms with Crippen molar-refractivity contribution >= 4 is 58.4 Å². The molecule has 0 fully saturated rings. The number of aliphatic imine (C=N–C) groups is 2. The van der Waals surface area contributed by atoms with Gasteiger partial charge < -0.3 is 19.5 Å². The maximum atomic E-state index is 6.10. The number of hydrogen-bond acceptors (Lipinski definition) is 6. The number of rotatable bonds is 6. The molecule has 6 rings (SSSR count). The number of nitrogens with zero attached hydrogens (tertiary/aromatic N) is 2. The maximum absolute atomic E-state index is 6.10. The fraction of sp³-hybridized carbons (Fsp3) is 0.280. The molecule has 2 aliphatic rings. The van der Waals surface area contributed by atoms with Crippen LogP contribution in [0.25, 0.3) is 21.9 Å². The van der Waals surface area contributed by atoms with Gasteiger partial charge in [0, 0.05) is 47.8 Å². The zero-order chi connectivity index (χ0) is 20.6. The predicted octanol–water partition coefficient (Wildman–Crippen LogP) is 4.90. The van der Waals surface area contributed by atoms with Crippen LogP contribution in [-0.2, 0) is 12.8 Å². The van der Waals surface area contributed by atoms with Crippen molar-refractivity contribution in [2.24, 2.45) is 9.98 Å². The summed E-state index contributed by atoms with van der Waals surface area (Å²) in [7, 11) is 0. The van der Waals surface area contributed by atoms with Crippen LogP contribution in [0, 0.1) is 0 Å². The number of fused-ring (bicyclic) bond motifs is 2. The summed E-state index contributed by atoms with van der Waals surface area (Å²) < 4.78 is 12.2. The second-order valence-electron chi connectivity index (χ2n) is 8.10. The predicted molar refractivity (Wildman–Crippen MR) is 138 cm³/mol. The summed E-state index contributed by atoms with van der Waals surface area (Å²) in [5, 5.41) is 8.90.